The molecule has 0 radical (unpaired) electrons. The number of nitrogens with one attached hydrogen (secondary N) is 2. The topological polar surface area (TPSA) is 85.9 Å². The molecular formula is C23H28N2O5. The van der Waals surface area contributed by atoms with E-state index in [2.05, 4.69) is 10.6 Å². The molecule has 0 atom stereocenters. The Morgan fingerprint density at radius 2 is 1.17 bits per heavy atom. The molecule has 1 heterocycles. The Hall–Kier alpha value is -3.22. The maximum absolute atomic E-state index is 12.0. The van der Waals surface area contributed by atoms with E-state index in [1.165, 1.54) is 0 Å². The fraction of sp³-hybridized carbons (Fsp3) is 0.391. The van der Waals surface area contributed by atoms with E-state index >= 15 is 0 Å². The fourth-order valence-electron chi connectivity index (χ4n) is 2.91. The van der Waals surface area contributed by atoms with Crippen LogP contribution in [0.25, 0.3) is 0 Å². The lowest BCUT2D eigenvalue weighted by atomic mass is 9.99. The second-order valence-electron chi connectivity index (χ2n) is 9.18. The maximum Gasteiger partial charge on any atom is 0.412 e. The van der Waals surface area contributed by atoms with Crippen LogP contribution in [0.3, 0.4) is 0 Å². The van der Waals surface area contributed by atoms with Gasteiger partial charge < -0.3 is 14.2 Å². The molecule has 2 aromatic carbocycles. The monoisotopic (exact) mass is 412 g/mol. The standard InChI is InChI=1S/C23H28N2O5/c1-22(2,3)29-20(26)24-16-9-7-14-11-15-8-10-17(13-19(15)28-18(14)12-16)25-21(27)30-23(4,5)6/h7-10,12-13H,11H2,1-6H3,(H,24,26)(H,25,27). The highest BCUT2D eigenvalue weighted by Gasteiger charge is 2.21. The molecule has 0 aliphatic carbocycles. The van der Waals surface area contributed by atoms with E-state index in [0.29, 0.717) is 29.3 Å². The quantitative estimate of drug-likeness (QED) is 0.533. The van der Waals surface area contributed by atoms with E-state index in [9.17, 15) is 9.59 Å². The van der Waals surface area contributed by atoms with E-state index in [-0.39, 0.29) is 0 Å². The van der Waals surface area contributed by atoms with Crippen molar-refractivity contribution >= 4 is 23.6 Å². The van der Waals surface area contributed by atoms with Gasteiger partial charge in [-0.1, -0.05) is 12.1 Å². The van der Waals surface area contributed by atoms with Crippen molar-refractivity contribution < 1.29 is 23.8 Å². The number of hydrogen-bond acceptors (Lipinski definition) is 5. The van der Waals surface area contributed by atoms with Crippen LogP contribution in [-0.2, 0) is 15.9 Å². The molecule has 1 aliphatic heterocycles. The van der Waals surface area contributed by atoms with Crippen LogP contribution >= 0.6 is 0 Å². The van der Waals surface area contributed by atoms with Crippen molar-refractivity contribution in [2.24, 2.45) is 0 Å². The van der Waals surface area contributed by atoms with Crippen molar-refractivity contribution in [1.82, 2.24) is 0 Å². The molecule has 7 nitrogen and oxygen atoms in total. The zero-order chi connectivity index (χ0) is 22.1. The molecule has 30 heavy (non-hydrogen) atoms. The summed E-state index contributed by atoms with van der Waals surface area (Å²) in [6.07, 6.45) is -0.366. The number of rotatable bonds is 2. The number of carbonyl (C=O) groups excluding carboxylic acids is 2. The summed E-state index contributed by atoms with van der Waals surface area (Å²) in [6, 6.07) is 11.0. The summed E-state index contributed by atoms with van der Waals surface area (Å²) in [5.41, 5.74) is 2.01. The van der Waals surface area contributed by atoms with Crippen molar-refractivity contribution in [3.63, 3.8) is 0 Å². The Labute approximate surface area is 176 Å². The van der Waals surface area contributed by atoms with Gasteiger partial charge in [0.15, 0.2) is 0 Å². The third kappa shape index (κ3) is 5.89. The molecule has 0 spiro atoms. The Morgan fingerprint density at radius 1 is 0.767 bits per heavy atom. The molecule has 1 aliphatic rings. The maximum atomic E-state index is 12.0. The third-order valence-electron chi connectivity index (χ3n) is 4.03. The fourth-order valence-corrected chi connectivity index (χ4v) is 2.91. The zero-order valence-corrected chi connectivity index (χ0v) is 18.2. The molecule has 0 bridgehead atoms. The number of hydrogen-bond donors (Lipinski definition) is 2. The average molecular weight is 412 g/mol. The van der Waals surface area contributed by atoms with E-state index in [4.69, 9.17) is 14.2 Å². The molecule has 0 aromatic heterocycles. The van der Waals surface area contributed by atoms with Gasteiger partial charge in [0.05, 0.1) is 0 Å². The molecule has 2 aromatic rings. The second-order valence-corrected chi connectivity index (χ2v) is 9.18. The lowest BCUT2D eigenvalue weighted by Gasteiger charge is -2.23. The summed E-state index contributed by atoms with van der Waals surface area (Å²) < 4.78 is 16.6. The van der Waals surface area contributed by atoms with Gasteiger partial charge in [0.25, 0.3) is 0 Å². The molecule has 0 fully saturated rings. The molecule has 2 N–H and O–H groups in total. The lowest BCUT2D eigenvalue weighted by molar-refractivity contribution is 0.0624. The van der Waals surface area contributed by atoms with E-state index < -0.39 is 23.4 Å². The first-order chi connectivity index (χ1) is 13.9. The first-order valence-electron chi connectivity index (χ1n) is 9.82. The number of benzene rings is 2. The predicted octanol–water partition coefficient (Wildman–Crippen LogP) is 6.08. The van der Waals surface area contributed by atoms with Crippen LogP contribution in [0.1, 0.15) is 52.7 Å². The van der Waals surface area contributed by atoms with Crippen LogP contribution in [0.2, 0.25) is 0 Å². The van der Waals surface area contributed by atoms with Crippen LogP contribution < -0.4 is 15.4 Å². The number of amides is 2. The molecule has 0 saturated carbocycles. The lowest BCUT2D eigenvalue weighted by Crippen LogP contribution is -2.27. The Balaban J connectivity index is 1.72. The van der Waals surface area contributed by atoms with Crippen molar-refractivity contribution in [1.29, 1.82) is 0 Å². The summed E-state index contributed by atoms with van der Waals surface area (Å²) in [5, 5.41) is 5.43. The minimum absolute atomic E-state index is 0.525. The van der Waals surface area contributed by atoms with Crippen LogP contribution in [0.15, 0.2) is 36.4 Å². The smallest absolute Gasteiger partial charge is 0.412 e. The number of fused-ring (bicyclic) bond motifs is 2. The number of anilines is 2. The normalized spacial score (nSPS) is 12.7. The Kier molecular flexibility index (Phi) is 5.65. The highest BCUT2D eigenvalue weighted by molar-refractivity contribution is 5.86. The molecule has 7 heteroatoms. The minimum atomic E-state index is -0.578. The van der Waals surface area contributed by atoms with Gasteiger partial charge >= 0.3 is 12.2 Å². The first-order valence-corrected chi connectivity index (χ1v) is 9.82. The van der Waals surface area contributed by atoms with E-state index in [1.807, 2.05) is 65.8 Å². The van der Waals surface area contributed by atoms with Crippen molar-refractivity contribution in [2.45, 2.75) is 59.2 Å². The summed E-state index contributed by atoms with van der Waals surface area (Å²) >= 11 is 0. The van der Waals surface area contributed by atoms with Crippen LogP contribution in [0.5, 0.6) is 11.5 Å². The van der Waals surface area contributed by atoms with E-state index in [1.54, 1.807) is 12.1 Å². The van der Waals surface area contributed by atoms with Crippen molar-refractivity contribution in [3.05, 3.63) is 47.5 Å². The summed E-state index contributed by atoms with van der Waals surface area (Å²) in [7, 11) is 0. The van der Waals surface area contributed by atoms with E-state index in [0.717, 1.165) is 11.1 Å². The van der Waals surface area contributed by atoms with Gasteiger partial charge in [0.2, 0.25) is 0 Å². The van der Waals surface area contributed by atoms with Crippen molar-refractivity contribution in [2.75, 3.05) is 10.6 Å². The largest absolute Gasteiger partial charge is 0.457 e. The van der Waals surface area contributed by atoms with Gasteiger partial charge in [-0.05, 0) is 64.8 Å². The highest BCUT2D eigenvalue weighted by Crippen LogP contribution is 2.39. The van der Waals surface area contributed by atoms with Gasteiger partial charge in [0.1, 0.15) is 22.7 Å². The number of ether oxygens (including phenoxy) is 3. The van der Waals surface area contributed by atoms with Crippen LogP contribution in [-0.4, -0.2) is 23.4 Å². The molecule has 2 amide bonds. The van der Waals surface area contributed by atoms with Crippen LogP contribution in [0, 0.1) is 0 Å². The van der Waals surface area contributed by atoms with Gasteiger partial charge in [-0.15, -0.1) is 0 Å². The van der Waals surface area contributed by atoms with Gasteiger partial charge in [0, 0.05) is 29.9 Å². The Morgan fingerprint density at radius 3 is 1.53 bits per heavy atom. The second kappa shape index (κ2) is 7.89. The molecular weight excluding hydrogens is 384 g/mol. The molecule has 0 saturated heterocycles. The van der Waals surface area contributed by atoms with Gasteiger partial charge in [-0.2, -0.15) is 0 Å². The molecule has 160 valence electrons. The first kappa shape index (κ1) is 21.5. The SMILES string of the molecule is CC(C)(C)OC(=O)Nc1ccc2c(c1)Oc1cc(NC(=O)OC(C)(C)C)ccc1C2. The van der Waals surface area contributed by atoms with Crippen molar-refractivity contribution in [3.8, 4) is 11.5 Å². The zero-order valence-electron chi connectivity index (χ0n) is 18.2. The Bertz CT molecular complexity index is 893. The summed E-state index contributed by atoms with van der Waals surface area (Å²) in [4.78, 5) is 24.0. The predicted molar refractivity (Wildman–Crippen MR) is 115 cm³/mol. The summed E-state index contributed by atoms with van der Waals surface area (Å²) in [5.74, 6) is 1.29. The number of carbonyl (C=O) groups is 2. The van der Waals surface area contributed by atoms with Gasteiger partial charge in [-0.3, -0.25) is 10.6 Å². The van der Waals surface area contributed by atoms with Crippen LogP contribution in [0.4, 0.5) is 21.0 Å². The summed E-state index contributed by atoms with van der Waals surface area (Å²) in [6.45, 7) is 10.8. The third-order valence-corrected chi connectivity index (χ3v) is 4.03. The minimum Gasteiger partial charge on any atom is -0.457 e. The molecule has 0 unspecified atom stereocenters. The highest BCUT2D eigenvalue weighted by atomic mass is 16.6. The average Bonchev–Trinajstić information content (AvgIpc) is 2.56. The molecule has 3 rings (SSSR count). The van der Waals surface area contributed by atoms with Gasteiger partial charge in [-0.25, -0.2) is 9.59 Å².